The SMILES string of the molecule is CC.CC(=O)CCN1CCS(=O)CC1. The third kappa shape index (κ3) is 6.27. The van der Waals surface area contributed by atoms with Gasteiger partial charge < -0.3 is 4.90 Å². The molecule has 0 radical (unpaired) electrons. The molecule has 0 spiro atoms. The highest BCUT2D eigenvalue weighted by molar-refractivity contribution is 7.85. The van der Waals surface area contributed by atoms with Gasteiger partial charge in [-0.2, -0.15) is 0 Å². The van der Waals surface area contributed by atoms with Crippen molar-refractivity contribution in [1.29, 1.82) is 0 Å². The maximum Gasteiger partial charge on any atom is 0.131 e. The minimum Gasteiger partial charge on any atom is -0.301 e. The summed E-state index contributed by atoms with van der Waals surface area (Å²) in [6.45, 7) is 8.23. The Hall–Kier alpha value is -0.220. The highest BCUT2D eigenvalue weighted by Crippen LogP contribution is 2.00. The molecule has 0 atom stereocenters. The quantitative estimate of drug-likeness (QED) is 0.712. The molecule has 3 nitrogen and oxygen atoms in total. The van der Waals surface area contributed by atoms with E-state index in [1.54, 1.807) is 6.92 Å². The van der Waals surface area contributed by atoms with E-state index in [-0.39, 0.29) is 5.78 Å². The van der Waals surface area contributed by atoms with Gasteiger partial charge in [0.1, 0.15) is 5.78 Å². The fourth-order valence-corrected chi connectivity index (χ4v) is 2.34. The standard InChI is InChI=1S/C8H15NO2S.C2H6/c1-8(10)2-3-9-4-6-12(11)7-5-9;1-2/h2-7H2,1H3;1-2H3. The van der Waals surface area contributed by atoms with Crippen LogP contribution in [-0.2, 0) is 15.6 Å². The van der Waals surface area contributed by atoms with Crippen molar-refractivity contribution in [3.8, 4) is 0 Å². The summed E-state index contributed by atoms with van der Waals surface area (Å²) in [6.07, 6.45) is 0.632. The van der Waals surface area contributed by atoms with Gasteiger partial charge in [-0.05, 0) is 6.92 Å². The molecule has 1 aliphatic rings. The van der Waals surface area contributed by atoms with Crippen LogP contribution in [0.4, 0.5) is 0 Å². The van der Waals surface area contributed by atoms with E-state index in [9.17, 15) is 9.00 Å². The summed E-state index contributed by atoms with van der Waals surface area (Å²) in [7, 11) is -0.602. The minimum atomic E-state index is -0.602. The Balaban J connectivity index is 0.000000791. The van der Waals surface area contributed by atoms with E-state index < -0.39 is 10.8 Å². The zero-order valence-electron chi connectivity index (χ0n) is 9.41. The fourth-order valence-electron chi connectivity index (χ4n) is 1.21. The number of Topliss-reactive ketones (excluding diaryl/α,β-unsaturated/α-hetero) is 1. The maximum atomic E-state index is 11.0. The van der Waals surface area contributed by atoms with Crippen LogP contribution in [0, 0.1) is 0 Å². The van der Waals surface area contributed by atoms with Gasteiger partial charge in [0, 0.05) is 48.4 Å². The van der Waals surface area contributed by atoms with E-state index in [4.69, 9.17) is 0 Å². The summed E-state index contributed by atoms with van der Waals surface area (Å²) in [6, 6.07) is 0. The Bertz CT molecular complexity index is 185. The van der Waals surface area contributed by atoms with Crippen molar-refractivity contribution in [1.82, 2.24) is 4.90 Å². The lowest BCUT2D eigenvalue weighted by Crippen LogP contribution is -2.38. The van der Waals surface area contributed by atoms with Crippen LogP contribution >= 0.6 is 0 Å². The third-order valence-corrected chi connectivity index (χ3v) is 3.33. The van der Waals surface area contributed by atoms with Gasteiger partial charge in [0.25, 0.3) is 0 Å². The van der Waals surface area contributed by atoms with Crippen LogP contribution < -0.4 is 0 Å². The summed E-state index contributed by atoms with van der Waals surface area (Å²) < 4.78 is 11.0. The molecule has 4 heteroatoms. The molecule has 1 saturated heterocycles. The lowest BCUT2D eigenvalue weighted by atomic mass is 10.3. The number of carbonyl (C=O) groups excluding carboxylic acids is 1. The zero-order chi connectivity index (χ0) is 11.0. The molecule has 0 amide bonds. The Kier molecular flexibility index (Phi) is 7.99. The Morgan fingerprint density at radius 3 is 2.21 bits per heavy atom. The topological polar surface area (TPSA) is 37.4 Å². The lowest BCUT2D eigenvalue weighted by Gasteiger charge is -2.25. The van der Waals surface area contributed by atoms with Crippen molar-refractivity contribution in [2.75, 3.05) is 31.1 Å². The molecule has 1 aliphatic heterocycles. The summed E-state index contributed by atoms with van der Waals surface area (Å²) in [5.74, 6) is 1.79. The molecular formula is C10H21NO2S. The smallest absolute Gasteiger partial charge is 0.131 e. The highest BCUT2D eigenvalue weighted by Gasteiger charge is 2.14. The number of hydrogen-bond acceptors (Lipinski definition) is 3. The Morgan fingerprint density at radius 2 is 1.79 bits per heavy atom. The van der Waals surface area contributed by atoms with Crippen molar-refractivity contribution in [2.24, 2.45) is 0 Å². The number of rotatable bonds is 3. The molecule has 1 rings (SSSR count). The summed E-state index contributed by atoms with van der Waals surface area (Å²) in [5, 5.41) is 0. The Labute approximate surface area is 89.3 Å². The van der Waals surface area contributed by atoms with Crippen molar-refractivity contribution in [3.05, 3.63) is 0 Å². The van der Waals surface area contributed by atoms with Crippen molar-refractivity contribution in [3.63, 3.8) is 0 Å². The summed E-state index contributed by atoms with van der Waals surface area (Å²) in [4.78, 5) is 12.9. The van der Waals surface area contributed by atoms with Crippen LogP contribution in [0.2, 0.25) is 0 Å². The van der Waals surface area contributed by atoms with Gasteiger partial charge >= 0.3 is 0 Å². The maximum absolute atomic E-state index is 11.0. The van der Waals surface area contributed by atoms with Crippen LogP contribution in [0.5, 0.6) is 0 Å². The van der Waals surface area contributed by atoms with Crippen molar-refractivity contribution in [2.45, 2.75) is 27.2 Å². The van der Waals surface area contributed by atoms with Crippen molar-refractivity contribution >= 4 is 16.6 Å². The average molecular weight is 219 g/mol. The predicted octanol–water partition coefficient (Wildman–Crippen LogP) is 1.06. The number of nitrogens with zero attached hydrogens (tertiary/aromatic N) is 1. The van der Waals surface area contributed by atoms with E-state index in [0.717, 1.165) is 31.1 Å². The first-order valence-corrected chi connectivity index (χ1v) is 6.74. The largest absolute Gasteiger partial charge is 0.301 e. The number of ketones is 1. The van der Waals surface area contributed by atoms with Crippen LogP contribution in [0.25, 0.3) is 0 Å². The second-order valence-corrected chi connectivity index (χ2v) is 4.84. The second-order valence-electron chi connectivity index (χ2n) is 3.14. The van der Waals surface area contributed by atoms with Gasteiger partial charge in [0.2, 0.25) is 0 Å². The van der Waals surface area contributed by atoms with E-state index in [1.807, 2.05) is 13.8 Å². The van der Waals surface area contributed by atoms with Crippen LogP contribution in [0.3, 0.4) is 0 Å². The monoisotopic (exact) mass is 219 g/mol. The number of carbonyl (C=O) groups is 1. The van der Waals surface area contributed by atoms with Gasteiger partial charge in [-0.25, -0.2) is 0 Å². The molecule has 1 fully saturated rings. The molecule has 14 heavy (non-hydrogen) atoms. The first-order valence-electron chi connectivity index (χ1n) is 5.25. The molecule has 0 aromatic heterocycles. The lowest BCUT2D eigenvalue weighted by molar-refractivity contribution is -0.117. The van der Waals surface area contributed by atoms with Crippen LogP contribution in [0.15, 0.2) is 0 Å². The van der Waals surface area contributed by atoms with Gasteiger partial charge in [-0.1, -0.05) is 13.8 Å². The molecule has 0 aromatic carbocycles. The van der Waals surface area contributed by atoms with E-state index >= 15 is 0 Å². The summed E-state index contributed by atoms with van der Waals surface area (Å²) >= 11 is 0. The van der Waals surface area contributed by atoms with E-state index in [1.165, 1.54) is 0 Å². The molecule has 84 valence electrons. The third-order valence-electron chi connectivity index (χ3n) is 2.05. The molecule has 0 aliphatic carbocycles. The predicted molar refractivity (Wildman–Crippen MR) is 61.0 cm³/mol. The molecule has 0 unspecified atom stereocenters. The average Bonchev–Trinajstić information content (AvgIpc) is 2.20. The zero-order valence-corrected chi connectivity index (χ0v) is 10.2. The van der Waals surface area contributed by atoms with Crippen LogP contribution in [-0.4, -0.2) is 46.0 Å². The molecule has 0 bridgehead atoms. The molecule has 0 N–H and O–H groups in total. The first kappa shape index (κ1) is 13.8. The number of hydrogen-bond donors (Lipinski definition) is 0. The molecule has 1 heterocycles. The van der Waals surface area contributed by atoms with E-state index in [2.05, 4.69) is 4.90 Å². The first-order chi connectivity index (χ1) is 6.68. The van der Waals surface area contributed by atoms with Gasteiger partial charge in [-0.15, -0.1) is 0 Å². The Morgan fingerprint density at radius 1 is 1.29 bits per heavy atom. The molecular weight excluding hydrogens is 198 g/mol. The van der Waals surface area contributed by atoms with Crippen LogP contribution in [0.1, 0.15) is 27.2 Å². The normalized spacial score (nSPS) is 18.5. The van der Waals surface area contributed by atoms with Gasteiger partial charge in [0.15, 0.2) is 0 Å². The van der Waals surface area contributed by atoms with E-state index in [0.29, 0.717) is 6.42 Å². The summed E-state index contributed by atoms with van der Waals surface area (Å²) in [5.41, 5.74) is 0. The fraction of sp³-hybridized carbons (Fsp3) is 0.900. The van der Waals surface area contributed by atoms with Crippen molar-refractivity contribution < 1.29 is 9.00 Å². The highest BCUT2D eigenvalue weighted by atomic mass is 32.2. The van der Waals surface area contributed by atoms with Gasteiger partial charge in [-0.3, -0.25) is 9.00 Å². The minimum absolute atomic E-state index is 0.238. The second kappa shape index (κ2) is 8.12. The molecule has 0 saturated carbocycles. The molecule has 0 aromatic rings. The van der Waals surface area contributed by atoms with Gasteiger partial charge in [0.05, 0.1) is 0 Å².